The first-order valence-electron chi connectivity index (χ1n) is 10.8. The van der Waals surface area contributed by atoms with Gasteiger partial charge in [-0.3, -0.25) is 9.78 Å². The number of carbonyl (C=O) groups is 1. The van der Waals surface area contributed by atoms with E-state index in [1.165, 1.54) is 29.8 Å². The van der Waals surface area contributed by atoms with Crippen LogP contribution in [0.3, 0.4) is 0 Å². The number of anilines is 1. The molecule has 0 fully saturated rings. The first-order valence-corrected chi connectivity index (χ1v) is 12.0. The van der Waals surface area contributed by atoms with Crippen molar-refractivity contribution in [3.8, 4) is 21.9 Å². The summed E-state index contributed by atoms with van der Waals surface area (Å²) >= 11 is 6.65. The summed E-state index contributed by atoms with van der Waals surface area (Å²) in [5.41, 5.74) is 2.84. The van der Waals surface area contributed by atoms with Crippen LogP contribution in [0.25, 0.3) is 20.7 Å². The van der Waals surface area contributed by atoms with Crippen LogP contribution in [0, 0.1) is 5.82 Å². The Morgan fingerprint density at radius 3 is 2.50 bits per heavy atom. The van der Waals surface area contributed by atoms with Gasteiger partial charge in [-0.25, -0.2) is 14.4 Å². The normalized spacial score (nSPS) is 10.1. The molecule has 0 aliphatic heterocycles. The Morgan fingerprint density at radius 2 is 1.76 bits per heavy atom. The van der Waals surface area contributed by atoms with Crippen molar-refractivity contribution >= 4 is 75.3 Å². The van der Waals surface area contributed by atoms with Crippen molar-refractivity contribution in [3.05, 3.63) is 97.0 Å². The maximum Gasteiger partial charge on any atom is 0.230 e. The van der Waals surface area contributed by atoms with E-state index in [0.717, 1.165) is 26.2 Å². The van der Waals surface area contributed by atoms with Gasteiger partial charge in [0, 0.05) is 46.9 Å². The van der Waals surface area contributed by atoms with Crippen LogP contribution in [-0.4, -0.2) is 26.0 Å². The minimum atomic E-state index is -0.586. The molecule has 0 radical (unpaired) electrons. The van der Waals surface area contributed by atoms with Crippen molar-refractivity contribution in [2.75, 3.05) is 5.32 Å². The molecule has 0 saturated carbocycles. The summed E-state index contributed by atoms with van der Waals surface area (Å²) in [6, 6.07) is 17.3. The van der Waals surface area contributed by atoms with Crippen LogP contribution >= 0.6 is 48.4 Å². The number of carbonyl (C=O) groups excluding carboxylic acids is 1. The van der Waals surface area contributed by atoms with Gasteiger partial charge in [-0.1, -0.05) is 30.3 Å². The van der Waals surface area contributed by atoms with Gasteiger partial charge in [0.15, 0.2) is 16.7 Å². The van der Waals surface area contributed by atoms with Crippen LogP contribution in [0.4, 0.5) is 10.1 Å². The molecule has 5 rings (SSSR count). The highest BCUT2D eigenvalue weighted by atomic mass is 35.5. The van der Waals surface area contributed by atoms with Gasteiger partial charge >= 0.3 is 0 Å². The van der Waals surface area contributed by atoms with Crippen LogP contribution in [0.5, 0.6) is 11.5 Å². The van der Waals surface area contributed by atoms with Crippen LogP contribution in [-0.2, 0) is 11.2 Å². The number of thiocarbonyl (C=S) groups is 1. The quantitative estimate of drug-likeness (QED) is 0.217. The molecule has 5 aromatic rings. The van der Waals surface area contributed by atoms with E-state index in [9.17, 15) is 9.18 Å². The number of halogens is 3. The lowest BCUT2D eigenvalue weighted by molar-refractivity contribution is -0.119. The molecule has 2 aromatic carbocycles. The third-order valence-corrected chi connectivity index (χ3v) is 6.48. The van der Waals surface area contributed by atoms with Gasteiger partial charge in [-0.05, 0) is 36.0 Å². The molecular weight excluding hydrogens is 568 g/mol. The molecule has 194 valence electrons. The topological polar surface area (TPSA) is 89.0 Å². The Hall–Kier alpha value is -3.70. The number of ether oxygens (including phenoxy) is 1. The lowest BCUT2D eigenvalue weighted by atomic mass is 10.1. The fraction of sp³-hybridized carbons (Fsp3) is 0.0385. The Kier molecular flexibility index (Phi) is 10.0. The second-order valence-corrected chi connectivity index (χ2v) is 9.13. The van der Waals surface area contributed by atoms with E-state index in [1.807, 2.05) is 36.4 Å². The predicted octanol–water partition coefficient (Wildman–Crippen LogP) is 6.58. The molecule has 0 aliphatic rings. The van der Waals surface area contributed by atoms with Gasteiger partial charge < -0.3 is 15.4 Å². The second-order valence-electron chi connectivity index (χ2n) is 7.67. The molecule has 3 aromatic heterocycles. The number of amides is 1. The van der Waals surface area contributed by atoms with E-state index in [1.54, 1.807) is 30.7 Å². The minimum Gasteiger partial charge on any atom is -0.453 e. The fourth-order valence-electron chi connectivity index (χ4n) is 3.46. The number of fused-ring (bicyclic) bond motifs is 1. The SMILES string of the molecule is Cl.Cl.O=C(Cc1ccccc1)NC(=S)Nc1ccc(Oc2ccnc3cc(-c4cncnc4)sc23)c(F)c1. The molecular formula is C26H20Cl2FN5O2S2. The summed E-state index contributed by atoms with van der Waals surface area (Å²) in [4.78, 5) is 25.6. The summed E-state index contributed by atoms with van der Waals surface area (Å²) in [7, 11) is 0. The van der Waals surface area contributed by atoms with Gasteiger partial charge in [0.05, 0.1) is 16.6 Å². The molecule has 7 nitrogen and oxygen atoms in total. The third kappa shape index (κ3) is 6.99. The lowest BCUT2D eigenvalue weighted by Crippen LogP contribution is -2.35. The van der Waals surface area contributed by atoms with Gasteiger partial charge in [-0.2, -0.15) is 0 Å². The third-order valence-electron chi connectivity index (χ3n) is 5.09. The number of nitrogens with zero attached hydrogens (tertiary/aromatic N) is 3. The number of thiophene rings is 1. The summed E-state index contributed by atoms with van der Waals surface area (Å²) in [6.07, 6.45) is 6.71. The highest BCUT2D eigenvalue weighted by Crippen LogP contribution is 2.39. The number of rotatable bonds is 6. The van der Waals surface area contributed by atoms with Gasteiger partial charge in [-0.15, -0.1) is 36.2 Å². The van der Waals surface area contributed by atoms with Crippen molar-refractivity contribution in [2.24, 2.45) is 0 Å². The number of aromatic nitrogens is 3. The molecule has 0 aliphatic carbocycles. The minimum absolute atomic E-state index is 0. The maximum absolute atomic E-state index is 14.9. The first-order chi connectivity index (χ1) is 17.5. The second kappa shape index (κ2) is 13.2. The average Bonchev–Trinajstić information content (AvgIpc) is 3.32. The summed E-state index contributed by atoms with van der Waals surface area (Å²) in [5.74, 6) is -0.323. The fourth-order valence-corrected chi connectivity index (χ4v) is 4.73. The number of hydrogen-bond acceptors (Lipinski definition) is 7. The molecule has 12 heteroatoms. The van der Waals surface area contributed by atoms with Gasteiger partial charge in [0.2, 0.25) is 5.91 Å². The molecule has 0 spiro atoms. The van der Waals surface area contributed by atoms with Crippen molar-refractivity contribution in [3.63, 3.8) is 0 Å². The van der Waals surface area contributed by atoms with E-state index in [2.05, 4.69) is 25.6 Å². The standard InChI is InChI=1S/C26H18FN5O2S2.2ClH/c27-19-11-18(31-26(35)32-24(33)10-16-4-2-1-3-5-16)6-7-21(19)34-22-8-9-30-20-12-23(36-25(20)22)17-13-28-15-29-14-17;;/h1-9,11-15H,10H2,(H2,31,32,33,35);2*1H. The number of benzene rings is 2. The Bertz CT molecular complexity index is 1560. The van der Waals surface area contributed by atoms with Gasteiger partial charge in [0.1, 0.15) is 12.1 Å². The smallest absolute Gasteiger partial charge is 0.230 e. The zero-order chi connectivity index (χ0) is 24.9. The van der Waals surface area contributed by atoms with E-state index < -0.39 is 5.82 Å². The Morgan fingerprint density at radius 1 is 1.00 bits per heavy atom. The summed E-state index contributed by atoms with van der Waals surface area (Å²) < 4.78 is 21.6. The highest BCUT2D eigenvalue weighted by Gasteiger charge is 2.14. The molecule has 0 bridgehead atoms. The summed E-state index contributed by atoms with van der Waals surface area (Å²) in [5, 5.41) is 5.51. The van der Waals surface area contributed by atoms with E-state index in [-0.39, 0.29) is 48.0 Å². The molecule has 38 heavy (non-hydrogen) atoms. The van der Waals surface area contributed by atoms with Crippen molar-refractivity contribution in [2.45, 2.75) is 6.42 Å². The van der Waals surface area contributed by atoms with Crippen molar-refractivity contribution in [1.82, 2.24) is 20.3 Å². The average molecular weight is 589 g/mol. The van der Waals surface area contributed by atoms with Crippen molar-refractivity contribution in [1.29, 1.82) is 0 Å². The van der Waals surface area contributed by atoms with E-state index >= 15 is 0 Å². The van der Waals surface area contributed by atoms with Crippen LogP contribution in [0.2, 0.25) is 0 Å². The van der Waals surface area contributed by atoms with Crippen LogP contribution in [0.15, 0.2) is 85.6 Å². The maximum atomic E-state index is 14.9. The Labute approximate surface area is 239 Å². The molecule has 0 saturated heterocycles. The number of pyridine rings is 1. The largest absolute Gasteiger partial charge is 0.453 e. The molecule has 3 heterocycles. The predicted molar refractivity (Wildman–Crippen MR) is 156 cm³/mol. The number of hydrogen-bond donors (Lipinski definition) is 2. The number of nitrogens with one attached hydrogen (secondary N) is 2. The van der Waals surface area contributed by atoms with Gasteiger partial charge in [0.25, 0.3) is 0 Å². The zero-order valence-corrected chi connectivity index (χ0v) is 22.7. The Balaban J connectivity index is 0.00000200. The zero-order valence-electron chi connectivity index (χ0n) is 19.5. The van der Waals surface area contributed by atoms with Crippen molar-refractivity contribution < 1.29 is 13.9 Å². The summed E-state index contributed by atoms with van der Waals surface area (Å²) in [6.45, 7) is 0. The lowest BCUT2D eigenvalue weighted by Gasteiger charge is -2.12. The van der Waals surface area contributed by atoms with E-state index in [4.69, 9.17) is 17.0 Å². The molecule has 0 unspecified atom stereocenters. The highest BCUT2D eigenvalue weighted by molar-refractivity contribution is 7.80. The van der Waals surface area contributed by atoms with Crippen LogP contribution < -0.4 is 15.4 Å². The van der Waals surface area contributed by atoms with Crippen LogP contribution in [0.1, 0.15) is 5.56 Å². The molecule has 1 amide bonds. The molecule has 0 atom stereocenters. The van der Waals surface area contributed by atoms with E-state index in [0.29, 0.717) is 11.4 Å². The first kappa shape index (κ1) is 28.9. The molecule has 2 N–H and O–H groups in total. The monoisotopic (exact) mass is 587 g/mol.